The van der Waals surface area contributed by atoms with E-state index in [1.807, 2.05) is 4.90 Å². The molecule has 0 bridgehead atoms. The van der Waals surface area contributed by atoms with Gasteiger partial charge in [0.25, 0.3) is 0 Å². The maximum absolute atomic E-state index is 13.0. The molecule has 1 aliphatic carbocycles. The maximum atomic E-state index is 13.0. The zero-order chi connectivity index (χ0) is 29.6. The number of esters is 2. The molecule has 11 nitrogen and oxygen atoms in total. The lowest BCUT2D eigenvalue weighted by Gasteiger charge is -2.34. The number of nitrogens with one attached hydrogen (secondary N) is 1. The van der Waals surface area contributed by atoms with Crippen LogP contribution in [0.2, 0.25) is 0 Å². The number of hydrogen-bond acceptors (Lipinski definition) is 9. The fourth-order valence-electron chi connectivity index (χ4n) is 5.31. The molecule has 0 spiro atoms. The molecule has 1 aromatic rings. The molecule has 3 heterocycles. The zero-order valence-corrected chi connectivity index (χ0v) is 25.1. The van der Waals surface area contributed by atoms with Crippen LogP contribution in [0.15, 0.2) is 12.7 Å². The minimum atomic E-state index is -0.648. The standard InChI is InChI=1S/C29H42N4O7S/c1-5-16-38-28(37)33-15-12-22-23(17-33)41-24(31-22)19-10-13-32(14-11-19)27(36)30-21-8-6-20(7-9-21)25(34)39-18-40-26(35)29(2,3)4/h5,19-21H,1,6-18H2,2-4H3,(H,30,36)/t20-,21-. The molecular formula is C29H42N4O7S. The smallest absolute Gasteiger partial charge is 0.410 e. The second kappa shape index (κ2) is 13.7. The average Bonchev–Trinajstić information content (AvgIpc) is 3.39. The van der Waals surface area contributed by atoms with Crippen molar-refractivity contribution in [3.05, 3.63) is 28.2 Å². The molecule has 1 aromatic heterocycles. The molecule has 0 unspecified atom stereocenters. The SMILES string of the molecule is C=CCOC(=O)N1CCc2nc(C3CCN(C(=O)N[C@H]4CC[C@H](C(=O)OCOC(=O)C(C)(C)C)CC4)CC3)sc2C1. The van der Waals surface area contributed by atoms with Crippen LogP contribution in [0.1, 0.15) is 80.8 Å². The van der Waals surface area contributed by atoms with Gasteiger partial charge in [-0.05, 0) is 59.3 Å². The van der Waals surface area contributed by atoms with Crippen LogP contribution in [0.4, 0.5) is 9.59 Å². The summed E-state index contributed by atoms with van der Waals surface area (Å²) in [6, 6.07) is -0.0366. The van der Waals surface area contributed by atoms with Gasteiger partial charge in [-0.1, -0.05) is 12.7 Å². The van der Waals surface area contributed by atoms with Gasteiger partial charge in [-0.25, -0.2) is 14.6 Å². The molecule has 1 saturated carbocycles. The van der Waals surface area contributed by atoms with Gasteiger partial charge >= 0.3 is 24.1 Å². The van der Waals surface area contributed by atoms with Crippen LogP contribution in [0.3, 0.4) is 0 Å². The van der Waals surface area contributed by atoms with E-state index in [0.29, 0.717) is 57.8 Å². The molecule has 0 aromatic carbocycles. The Morgan fingerprint density at radius 3 is 2.37 bits per heavy atom. The van der Waals surface area contributed by atoms with Crippen molar-refractivity contribution in [1.29, 1.82) is 0 Å². The van der Waals surface area contributed by atoms with Crippen LogP contribution in [0, 0.1) is 11.3 Å². The van der Waals surface area contributed by atoms with E-state index in [1.165, 1.54) is 0 Å². The highest BCUT2D eigenvalue weighted by molar-refractivity contribution is 7.11. The van der Waals surface area contributed by atoms with Crippen molar-refractivity contribution >= 4 is 35.4 Å². The van der Waals surface area contributed by atoms with E-state index in [-0.39, 0.29) is 43.5 Å². The quantitative estimate of drug-likeness (QED) is 0.282. The number of piperidine rings is 1. The van der Waals surface area contributed by atoms with Crippen LogP contribution < -0.4 is 5.32 Å². The molecular weight excluding hydrogens is 548 g/mol. The Morgan fingerprint density at radius 2 is 1.71 bits per heavy atom. The molecule has 1 saturated heterocycles. The molecule has 0 radical (unpaired) electrons. The lowest BCUT2D eigenvalue weighted by Crippen LogP contribution is -2.48. The van der Waals surface area contributed by atoms with Crippen molar-refractivity contribution in [2.24, 2.45) is 11.3 Å². The van der Waals surface area contributed by atoms with Gasteiger partial charge in [0, 0.05) is 42.9 Å². The third-order valence-electron chi connectivity index (χ3n) is 7.85. The Balaban J connectivity index is 1.16. The van der Waals surface area contributed by atoms with Gasteiger partial charge in [-0.2, -0.15) is 0 Å². The Bertz CT molecular complexity index is 1110. The lowest BCUT2D eigenvalue weighted by atomic mass is 9.86. The van der Waals surface area contributed by atoms with Crippen LogP contribution >= 0.6 is 11.3 Å². The van der Waals surface area contributed by atoms with E-state index < -0.39 is 11.4 Å². The van der Waals surface area contributed by atoms with E-state index in [0.717, 1.165) is 34.8 Å². The normalized spacial score (nSPS) is 21.4. The summed E-state index contributed by atoms with van der Waals surface area (Å²) in [6.45, 7) is 11.1. The van der Waals surface area contributed by atoms with Crippen molar-refractivity contribution in [3.63, 3.8) is 0 Å². The Morgan fingerprint density at radius 1 is 1.00 bits per heavy atom. The van der Waals surface area contributed by atoms with Crippen LogP contribution in [0.5, 0.6) is 0 Å². The third-order valence-corrected chi connectivity index (χ3v) is 9.10. The van der Waals surface area contributed by atoms with Gasteiger partial charge < -0.3 is 29.3 Å². The highest BCUT2D eigenvalue weighted by Crippen LogP contribution is 2.35. The summed E-state index contributed by atoms with van der Waals surface area (Å²) < 4.78 is 15.4. The number of thiazole rings is 1. The second-order valence-corrected chi connectivity index (χ2v) is 13.1. The molecule has 226 valence electrons. The minimum absolute atomic E-state index is 0.0230. The van der Waals surface area contributed by atoms with Crippen molar-refractivity contribution in [1.82, 2.24) is 20.1 Å². The predicted octanol–water partition coefficient (Wildman–Crippen LogP) is 4.36. The van der Waals surface area contributed by atoms with Gasteiger partial charge in [0.2, 0.25) is 6.79 Å². The van der Waals surface area contributed by atoms with E-state index in [1.54, 1.807) is 43.1 Å². The van der Waals surface area contributed by atoms with Crippen LogP contribution in [-0.2, 0) is 36.8 Å². The monoisotopic (exact) mass is 590 g/mol. The van der Waals surface area contributed by atoms with Gasteiger partial charge in [-0.3, -0.25) is 9.59 Å². The van der Waals surface area contributed by atoms with Crippen LogP contribution in [-0.4, -0.2) is 77.9 Å². The van der Waals surface area contributed by atoms with Gasteiger partial charge in [-0.15, -0.1) is 11.3 Å². The van der Waals surface area contributed by atoms with E-state index in [4.69, 9.17) is 19.2 Å². The number of aromatic nitrogens is 1. The molecule has 3 amide bonds. The Labute approximate surface area is 245 Å². The maximum Gasteiger partial charge on any atom is 0.410 e. The predicted molar refractivity (Wildman–Crippen MR) is 152 cm³/mol. The Hall–Kier alpha value is -3.15. The summed E-state index contributed by atoms with van der Waals surface area (Å²) in [5.74, 6) is -0.717. The first kappa shape index (κ1) is 30.8. The molecule has 0 atom stereocenters. The summed E-state index contributed by atoms with van der Waals surface area (Å²) >= 11 is 1.67. The van der Waals surface area contributed by atoms with Gasteiger partial charge in [0.05, 0.1) is 28.6 Å². The summed E-state index contributed by atoms with van der Waals surface area (Å²) in [7, 11) is 0. The van der Waals surface area contributed by atoms with Crippen molar-refractivity contribution in [2.45, 2.75) is 84.2 Å². The lowest BCUT2D eigenvalue weighted by molar-refractivity contribution is -0.176. The summed E-state index contributed by atoms with van der Waals surface area (Å²) in [5, 5.41) is 4.24. The average molecular weight is 591 g/mol. The Kier molecular flexibility index (Phi) is 10.3. The number of hydrogen-bond donors (Lipinski definition) is 1. The topological polar surface area (TPSA) is 127 Å². The fourth-order valence-corrected chi connectivity index (χ4v) is 6.61. The fraction of sp³-hybridized carbons (Fsp3) is 0.690. The van der Waals surface area contributed by atoms with Gasteiger partial charge in [0.15, 0.2) is 0 Å². The van der Waals surface area contributed by atoms with E-state index in [2.05, 4.69) is 11.9 Å². The van der Waals surface area contributed by atoms with Crippen molar-refractivity contribution in [2.75, 3.05) is 33.0 Å². The molecule has 12 heteroatoms. The first-order chi connectivity index (χ1) is 19.5. The van der Waals surface area contributed by atoms with Gasteiger partial charge in [0.1, 0.15) is 6.61 Å². The molecule has 41 heavy (non-hydrogen) atoms. The summed E-state index contributed by atoms with van der Waals surface area (Å²) in [4.78, 5) is 58.9. The third kappa shape index (κ3) is 8.21. The summed E-state index contributed by atoms with van der Waals surface area (Å²) in [6.07, 6.45) is 6.31. The zero-order valence-electron chi connectivity index (χ0n) is 24.3. The summed E-state index contributed by atoms with van der Waals surface area (Å²) in [5.41, 5.74) is 0.424. The number of rotatable bonds is 7. The van der Waals surface area contributed by atoms with E-state index in [9.17, 15) is 19.2 Å². The number of fused-ring (bicyclic) bond motifs is 1. The second-order valence-electron chi connectivity index (χ2n) is 12.0. The highest BCUT2D eigenvalue weighted by Gasteiger charge is 2.32. The molecule has 4 rings (SSSR count). The number of nitrogens with zero attached hydrogens (tertiary/aromatic N) is 3. The molecule has 2 fully saturated rings. The van der Waals surface area contributed by atoms with E-state index >= 15 is 0 Å². The molecule has 2 aliphatic heterocycles. The number of urea groups is 1. The number of likely N-dealkylation sites (tertiary alicyclic amines) is 1. The number of carbonyl (C=O) groups excluding carboxylic acids is 4. The molecule has 1 N–H and O–H groups in total. The highest BCUT2D eigenvalue weighted by atomic mass is 32.1. The van der Waals surface area contributed by atoms with Crippen LogP contribution in [0.25, 0.3) is 0 Å². The largest absolute Gasteiger partial charge is 0.445 e. The number of carbonyl (C=O) groups is 4. The minimum Gasteiger partial charge on any atom is -0.445 e. The van der Waals surface area contributed by atoms with Crippen molar-refractivity contribution in [3.8, 4) is 0 Å². The number of amides is 3. The molecule has 3 aliphatic rings. The number of ether oxygens (including phenoxy) is 3. The van der Waals surface area contributed by atoms with Crippen molar-refractivity contribution < 1.29 is 33.4 Å². The first-order valence-corrected chi connectivity index (χ1v) is 15.3. The first-order valence-electron chi connectivity index (χ1n) is 14.5.